The van der Waals surface area contributed by atoms with Gasteiger partial charge in [-0.05, 0) is 25.0 Å². The molecule has 0 radical (unpaired) electrons. The Labute approximate surface area is 133 Å². The number of aromatic nitrogens is 4. The van der Waals surface area contributed by atoms with Gasteiger partial charge in [-0.25, -0.2) is 0 Å². The summed E-state index contributed by atoms with van der Waals surface area (Å²) in [5, 5.41) is 12.2. The van der Waals surface area contributed by atoms with Crippen molar-refractivity contribution < 1.29 is 4.79 Å². The Hall–Kier alpha value is -2.76. The van der Waals surface area contributed by atoms with Crippen LogP contribution in [-0.4, -0.2) is 31.7 Å². The first-order valence-electron chi connectivity index (χ1n) is 7.82. The number of aryl methyl sites for hydroxylation is 2. The predicted octanol–water partition coefficient (Wildman–Crippen LogP) is 1.96. The van der Waals surface area contributed by atoms with Gasteiger partial charge in [0, 0.05) is 30.6 Å². The van der Waals surface area contributed by atoms with Gasteiger partial charge in [-0.1, -0.05) is 18.2 Å². The highest BCUT2D eigenvalue weighted by molar-refractivity contribution is 6.05. The van der Waals surface area contributed by atoms with Gasteiger partial charge in [0.25, 0.3) is 5.91 Å². The predicted molar refractivity (Wildman–Crippen MR) is 86.0 cm³/mol. The van der Waals surface area contributed by atoms with E-state index >= 15 is 0 Å². The van der Waals surface area contributed by atoms with Gasteiger partial charge < -0.3 is 9.88 Å². The molecule has 6 nitrogen and oxygen atoms in total. The molecule has 2 aromatic heterocycles. The molecular formula is C17H17N5O. The number of carbonyl (C=O) groups is 1. The molecule has 4 rings (SSSR count). The van der Waals surface area contributed by atoms with Crippen LogP contribution >= 0.6 is 0 Å². The zero-order chi connectivity index (χ0) is 15.6. The maximum absolute atomic E-state index is 12.7. The summed E-state index contributed by atoms with van der Waals surface area (Å²) in [7, 11) is 0. The molecule has 0 bridgehead atoms. The van der Waals surface area contributed by atoms with Crippen molar-refractivity contribution in [3.63, 3.8) is 0 Å². The first kappa shape index (κ1) is 13.9. The van der Waals surface area contributed by atoms with Gasteiger partial charge in [-0.3, -0.25) is 9.78 Å². The van der Waals surface area contributed by atoms with Crippen LogP contribution in [0.1, 0.15) is 29.0 Å². The van der Waals surface area contributed by atoms with E-state index in [1.807, 2.05) is 30.3 Å². The summed E-state index contributed by atoms with van der Waals surface area (Å²) in [6.07, 6.45) is 6.07. The van der Waals surface area contributed by atoms with E-state index in [0.29, 0.717) is 5.56 Å². The number of rotatable bonds is 2. The molecule has 6 heteroatoms. The van der Waals surface area contributed by atoms with Crippen molar-refractivity contribution in [3.05, 3.63) is 54.2 Å². The van der Waals surface area contributed by atoms with Crippen LogP contribution in [0.3, 0.4) is 0 Å². The van der Waals surface area contributed by atoms with Gasteiger partial charge in [0.05, 0.1) is 11.1 Å². The monoisotopic (exact) mass is 307 g/mol. The number of hydrogen-bond donors (Lipinski definition) is 1. The third-order valence-electron chi connectivity index (χ3n) is 4.34. The summed E-state index contributed by atoms with van der Waals surface area (Å²) in [5.41, 5.74) is 1.38. The zero-order valence-electron chi connectivity index (χ0n) is 12.6. The average Bonchev–Trinajstić information content (AvgIpc) is 2.96. The Morgan fingerprint density at radius 2 is 2.13 bits per heavy atom. The van der Waals surface area contributed by atoms with Crippen LogP contribution in [-0.2, 0) is 13.0 Å². The molecule has 0 saturated heterocycles. The van der Waals surface area contributed by atoms with Gasteiger partial charge in [0.2, 0.25) is 0 Å². The lowest BCUT2D eigenvalue weighted by Gasteiger charge is -2.16. The highest BCUT2D eigenvalue weighted by atomic mass is 16.1. The second-order valence-electron chi connectivity index (χ2n) is 5.82. The number of para-hydroxylation sites is 1. The smallest absolute Gasteiger partial charge is 0.253 e. The van der Waals surface area contributed by atoms with Gasteiger partial charge in [-0.15, -0.1) is 10.2 Å². The molecule has 1 N–H and O–H groups in total. The van der Waals surface area contributed by atoms with E-state index in [1.165, 1.54) is 0 Å². The number of amides is 1. The minimum absolute atomic E-state index is 0.0584. The van der Waals surface area contributed by atoms with Crippen molar-refractivity contribution in [1.29, 1.82) is 0 Å². The van der Waals surface area contributed by atoms with Crippen molar-refractivity contribution in [1.82, 2.24) is 25.1 Å². The molecule has 0 saturated carbocycles. The largest absolute Gasteiger partial charge is 0.349 e. The first-order chi connectivity index (χ1) is 11.3. The summed E-state index contributed by atoms with van der Waals surface area (Å²) in [6.45, 7) is 0.834. The fourth-order valence-electron chi connectivity index (χ4n) is 3.10. The van der Waals surface area contributed by atoms with Crippen LogP contribution in [0, 0.1) is 0 Å². The fourth-order valence-corrected chi connectivity index (χ4v) is 3.10. The molecule has 3 aromatic rings. The molecule has 116 valence electrons. The lowest BCUT2D eigenvalue weighted by Crippen LogP contribution is -2.35. The molecule has 1 aliphatic rings. The van der Waals surface area contributed by atoms with Crippen molar-refractivity contribution >= 4 is 16.8 Å². The number of nitrogens with one attached hydrogen (secondary N) is 1. The second kappa shape index (κ2) is 5.79. The molecule has 23 heavy (non-hydrogen) atoms. The molecule has 3 heterocycles. The van der Waals surface area contributed by atoms with Crippen LogP contribution < -0.4 is 5.32 Å². The lowest BCUT2D eigenvalue weighted by atomic mass is 10.1. The Kier molecular flexibility index (Phi) is 3.49. The van der Waals surface area contributed by atoms with Crippen LogP contribution in [0.5, 0.6) is 0 Å². The number of pyridine rings is 1. The number of carbonyl (C=O) groups excluding carboxylic acids is 1. The highest BCUT2D eigenvalue weighted by Crippen LogP contribution is 2.17. The second-order valence-corrected chi connectivity index (χ2v) is 5.82. The molecule has 0 spiro atoms. The van der Waals surface area contributed by atoms with Crippen molar-refractivity contribution in [3.8, 4) is 0 Å². The molecular weight excluding hydrogens is 290 g/mol. The van der Waals surface area contributed by atoms with E-state index in [1.54, 1.807) is 12.5 Å². The van der Waals surface area contributed by atoms with Gasteiger partial charge in [0.1, 0.15) is 12.2 Å². The summed E-state index contributed by atoms with van der Waals surface area (Å²) in [4.78, 5) is 17.0. The minimum atomic E-state index is -0.0584. The molecule has 1 aliphatic heterocycles. The lowest BCUT2D eigenvalue weighted by molar-refractivity contribution is 0.0934. The zero-order valence-corrected chi connectivity index (χ0v) is 12.6. The Morgan fingerprint density at radius 3 is 3.09 bits per heavy atom. The number of fused-ring (bicyclic) bond motifs is 2. The van der Waals surface area contributed by atoms with Crippen molar-refractivity contribution in [2.24, 2.45) is 0 Å². The van der Waals surface area contributed by atoms with Crippen LogP contribution in [0.15, 0.2) is 42.9 Å². The highest BCUT2D eigenvalue weighted by Gasteiger charge is 2.20. The molecule has 0 fully saturated rings. The third kappa shape index (κ3) is 2.67. The van der Waals surface area contributed by atoms with E-state index < -0.39 is 0 Å². The molecule has 0 aliphatic carbocycles. The molecule has 1 amide bonds. The minimum Gasteiger partial charge on any atom is -0.349 e. The first-order valence-corrected chi connectivity index (χ1v) is 7.82. The van der Waals surface area contributed by atoms with E-state index in [0.717, 1.165) is 42.5 Å². The summed E-state index contributed by atoms with van der Waals surface area (Å²) < 4.78 is 2.06. The topological polar surface area (TPSA) is 72.7 Å². The maximum Gasteiger partial charge on any atom is 0.253 e. The Bertz CT molecular complexity index is 829. The Balaban J connectivity index is 1.52. The average molecular weight is 307 g/mol. The SMILES string of the molecule is O=C(NC1CCc2nncn2CC1)c1cccc2cccnc12. The van der Waals surface area contributed by atoms with E-state index in [2.05, 4.69) is 25.1 Å². The molecule has 1 unspecified atom stereocenters. The quantitative estimate of drug-likeness (QED) is 0.785. The summed E-state index contributed by atoms with van der Waals surface area (Å²) in [6, 6.07) is 9.69. The Morgan fingerprint density at radius 1 is 1.22 bits per heavy atom. The van der Waals surface area contributed by atoms with Gasteiger partial charge in [-0.2, -0.15) is 0 Å². The summed E-state index contributed by atoms with van der Waals surface area (Å²) in [5.74, 6) is 0.936. The molecule has 1 atom stereocenters. The standard InChI is InChI=1S/C17H17N5O/c23-17(14-5-1-3-12-4-2-9-18-16(12)14)20-13-6-7-15-21-19-11-22(15)10-8-13/h1-5,9,11,13H,6-8,10H2,(H,20,23). The van der Waals surface area contributed by atoms with Crippen LogP contribution in [0.4, 0.5) is 0 Å². The van der Waals surface area contributed by atoms with Crippen LogP contribution in [0.25, 0.3) is 10.9 Å². The fraction of sp³-hybridized carbons (Fsp3) is 0.294. The van der Waals surface area contributed by atoms with Crippen molar-refractivity contribution in [2.45, 2.75) is 31.8 Å². The number of benzene rings is 1. The normalized spacial score (nSPS) is 17.5. The maximum atomic E-state index is 12.7. The third-order valence-corrected chi connectivity index (χ3v) is 4.34. The van der Waals surface area contributed by atoms with Gasteiger partial charge in [0.15, 0.2) is 0 Å². The molecule has 1 aromatic carbocycles. The van der Waals surface area contributed by atoms with Crippen LogP contribution in [0.2, 0.25) is 0 Å². The van der Waals surface area contributed by atoms with E-state index in [-0.39, 0.29) is 11.9 Å². The number of nitrogens with zero attached hydrogens (tertiary/aromatic N) is 4. The number of hydrogen-bond acceptors (Lipinski definition) is 4. The van der Waals surface area contributed by atoms with Crippen molar-refractivity contribution in [2.75, 3.05) is 0 Å². The van der Waals surface area contributed by atoms with E-state index in [4.69, 9.17) is 0 Å². The van der Waals surface area contributed by atoms with Gasteiger partial charge >= 0.3 is 0 Å². The summed E-state index contributed by atoms with van der Waals surface area (Å²) >= 11 is 0. The van der Waals surface area contributed by atoms with E-state index in [9.17, 15) is 4.79 Å².